The van der Waals surface area contributed by atoms with Gasteiger partial charge in [0, 0.05) is 0 Å². The van der Waals surface area contributed by atoms with Gasteiger partial charge in [-0.05, 0) is 24.2 Å². The second kappa shape index (κ2) is 12.5. The van der Waals surface area contributed by atoms with Gasteiger partial charge < -0.3 is 0 Å². The molecular weight excluding hydrogens is 252 g/mol. The molecule has 1 rings (SSSR count). The van der Waals surface area contributed by atoms with Crippen LogP contribution in [0.2, 0.25) is 0 Å². The number of hydrogen-bond donors (Lipinski definition) is 0. The van der Waals surface area contributed by atoms with Crippen LogP contribution < -0.4 is 0 Å². The molecule has 126 valence electrons. The summed E-state index contributed by atoms with van der Waals surface area (Å²) in [7, 11) is 0. The first-order valence-corrected chi connectivity index (χ1v) is 10.2. The Morgan fingerprint density at radius 1 is 0.810 bits per heavy atom. The minimum absolute atomic E-state index is 0.889. The van der Waals surface area contributed by atoms with Gasteiger partial charge in [0.25, 0.3) is 0 Å². The standard InChI is InChI=1S/C21H42/c1-4-5-6-7-9-15-21(18-19(2)3)17-12-16-20-13-10-8-11-14-20/h19-21H,4-18H2,1-3H3/t21-/m1/s1. The Morgan fingerprint density at radius 2 is 1.48 bits per heavy atom. The monoisotopic (exact) mass is 294 g/mol. The van der Waals surface area contributed by atoms with E-state index in [0.717, 1.165) is 17.8 Å². The summed E-state index contributed by atoms with van der Waals surface area (Å²) < 4.78 is 0. The topological polar surface area (TPSA) is 0 Å². The molecule has 0 unspecified atom stereocenters. The van der Waals surface area contributed by atoms with E-state index in [4.69, 9.17) is 0 Å². The summed E-state index contributed by atoms with van der Waals surface area (Å²) in [6, 6.07) is 0. The third-order valence-corrected chi connectivity index (χ3v) is 5.47. The molecule has 0 nitrogen and oxygen atoms in total. The van der Waals surface area contributed by atoms with E-state index in [2.05, 4.69) is 20.8 Å². The van der Waals surface area contributed by atoms with E-state index in [1.807, 2.05) is 0 Å². The molecule has 0 aromatic rings. The van der Waals surface area contributed by atoms with Crippen molar-refractivity contribution < 1.29 is 0 Å². The quantitative estimate of drug-likeness (QED) is 0.323. The highest BCUT2D eigenvalue weighted by molar-refractivity contribution is 4.68. The van der Waals surface area contributed by atoms with Gasteiger partial charge in [-0.25, -0.2) is 0 Å². The first kappa shape index (κ1) is 19.0. The summed E-state index contributed by atoms with van der Waals surface area (Å²) >= 11 is 0. The average Bonchev–Trinajstić information content (AvgIpc) is 2.47. The van der Waals surface area contributed by atoms with Crippen molar-refractivity contribution in [3.63, 3.8) is 0 Å². The molecule has 0 saturated heterocycles. The lowest BCUT2D eigenvalue weighted by Gasteiger charge is -2.23. The maximum atomic E-state index is 2.41. The summed E-state index contributed by atoms with van der Waals surface area (Å²) in [5.41, 5.74) is 0. The van der Waals surface area contributed by atoms with Crippen LogP contribution in [0.5, 0.6) is 0 Å². The molecule has 1 aliphatic rings. The largest absolute Gasteiger partial charge is 0.0654 e. The highest BCUT2D eigenvalue weighted by atomic mass is 14.2. The third kappa shape index (κ3) is 10.4. The molecule has 0 heterocycles. The Bertz CT molecular complexity index is 212. The molecule has 0 radical (unpaired) electrons. The molecule has 0 N–H and O–H groups in total. The van der Waals surface area contributed by atoms with Crippen molar-refractivity contribution in [2.24, 2.45) is 17.8 Å². The molecule has 0 bridgehead atoms. The van der Waals surface area contributed by atoms with Gasteiger partial charge in [0.05, 0.1) is 0 Å². The lowest BCUT2D eigenvalue weighted by Crippen LogP contribution is -2.09. The molecule has 1 aliphatic carbocycles. The molecule has 0 aliphatic heterocycles. The molecule has 1 fully saturated rings. The summed E-state index contributed by atoms with van der Waals surface area (Å²) in [6.45, 7) is 7.13. The van der Waals surface area contributed by atoms with Crippen LogP contribution in [0.4, 0.5) is 0 Å². The highest BCUT2D eigenvalue weighted by Crippen LogP contribution is 2.30. The highest BCUT2D eigenvalue weighted by Gasteiger charge is 2.15. The number of hydrogen-bond acceptors (Lipinski definition) is 0. The van der Waals surface area contributed by atoms with E-state index in [1.54, 1.807) is 0 Å². The van der Waals surface area contributed by atoms with Crippen molar-refractivity contribution in [3.8, 4) is 0 Å². The molecular formula is C21H42. The molecule has 0 heteroatoms. The normalized spacial score (nSPS) is 18.3. The Kier molecular flexibility index (Phi) is 11.4. The van der Waals surface area contributed by atoms with Crippen molar-refractivity contribution in [3.05, 3.63) is 0 Å². The van der Waals surface area contributed by atoms with Crippen LogP contribution in [-0.4, -0.2) is 0 Å². The lowest BCUT2D eigenvalue weighted by atomic mass is 9.83. The van der Waals surface area contributed by atoms with Gasteiger partial charge in [0.15, 0.2) is 0 Å². The van der Waals surface area contributed by atoms with Crippen molar-refractivity contribution in [2.45, 2.75) is 117 Å². The summed E-state index contributed by atoms with van der Waals surface area (Å²) in [6.07, 6.45) is 22.4. The van der Waals surface area contributed by atoms with Crippen LogP contribution in [0.1, 0.15) is 117 Å². The van der Waals surface area contributed by atoms with E-state index in [1.165, 1.54) is 96.3 Å². The van der Waals surface area contributed by atoms with Gasteiger partial charge in [0.2, 0.25) is 0 Å². The van der Waals surface area contributed by atoms with Gasteiger partial charge in [0.1, 0.15) is 0 Å². The smallest absolute Gasteiger partial charge is 0.0412 e. The predicted molar refractivity (Wildman–Crippen MR) is 96.7 cm³/mol. The minimum atomic E-state index is 0.889. The maximum absolute atomic E-state index is 2.41. The van der Waals surface area contributed by atoms with Crippen molar-refractivity contribution in [2.75, 3.05) is 0 Å². The molecule has 0 aromatic carbocycles. The van der Waals surface area contributed by atoms with E-state index < -0.39 is 0 Å². The maximum Gasteiger partial charge on any atom is -0.0412 e. The molecule has 1 saturated carbocycles. The molecule has 0 spiro atoms. The van der Waals surface area contributed by atoms with E-state index in [-0.39, 0.29) is 0 Å². The zero-order valence-corrected chi connectivity index (χ0v) is 15.3. The van der Waals surface area contributed by atoms with Crippen LogP contribution >= 0.6 is 0 Å². The fourth-order valence-corrected chi connectivity index (χ4v) is 4.25. The van der Waals surface area contributed by atoms with Gasteiger partial charge in [-0.3, -0.25) is 0 Å². The summed E-state index contributed by atoms with van der Waals surface area (Å²) in [5, 5.41) is 0. The van der Waals surface area contributed by atoms with Crippen LogP contribution in [0, 0.1) is 17.8 Å². The molecule has 1 atom stereocenters. The fraction of sp³-hybridized carbons (Fsp3) is 1.00. The molecule has 21 heavy (non-hydrogen) atoms. The van der Waals surface area contributed by atoms with Crippen LogP contribution in [0.3, 0.4) is 0 Å². The Morgan fingerprint density at radius 3 is 2.14 bits per heavy atom. The lowest BCUT2D eigenvalue weighted by molar-refractivity contribution is 0.296. The first-order chi connectivity index (χ1) is 10.2. The van der Waals surface area contributed by atoms with Crippen molar-refractivity contribution in [1.82, 2.24) is 0 Å². The summed E-state index contributed by atoms with van der Waals surface area (Å²) in [4.78, 5) is 0. The molecule has 0 aromatic heterocycles. The predicted octanol–water partition coefficient (Wildman–Crippen LogP) is 7.76. The number of unbranched alkanes of at least 4 members (excludes halogenated alkanes) is 4. The third-order valence-electron chi connectivity index (χ3n) is 5.47. The number of rotatable bonds is 12. The zero-order valence-electron chi connectivity index (χ0n) is 15.3. The second-order valence-electron chi connectivity index (χ2n) is 8.13. The van der Waals surface area contributed by atoms with Crippen molar-refractivity contribution >= 4 is 0 Å². The van der Waals surface area contributed by atoms with Gasteiger partial charge in [-0.15, -0.1) is 0 Å². The minimum Gasteiger partial charge on any atom is -0.0654 e. The Labute approximate surface area is 135 Å². The van der Waals surface area contributed by atoms with Crippen LogP contribution in [-0.2, 0) is 0 Å². The SMILES string of the molecule is CCCCCCC[C@H](CCCC1CCCCC1)CC(C)C. The second-order valence-corrected chi connectivity index (χ2v) is 8.13. The first-order valence-electron chi connectivity index (χ1n) is 10.2. The average molecular weight is 295 g/mol. The summed E-state index contributed by atoms with van der Waals surface area (Å²) in [5.74, 6) is 3.00. The Hall–Kier alpha value is 0. The van der Waals surface area contributed by atoms with Gasteiger partial charge >= 0.3 is 0 Å². The Balaban J connectivity index is 2.12. The van der Waals surface area contributed by atoms with E-state index in [0.29, 0.717) is 0 Å². The van der Waals surface area contributed by atoms with Gasteiger partial charge in [-0.1, -0.05) is 111 Å². The van der Waals surface area contributed by atoms with Crippen LogP contribution in [0.25, 0.3) is 0 Å². The van der Waals surface area contributed by atoms with E-state index >= 15 is 0 Å². The molecule has 0 amide bonds. The van der Waals surface area contributed by atoms with Crippen molar-refractivity contribution in [1.29, 1.82) is 0 Å². The van der Waals surface area contributed by atoms with E-state index in [9.17, 15) is 0 Å². The van der Waals surface area contributed by atoms with Gasteiger partial charge in [-0.2, -0.15) is 0 Å². The van der Waals surface area contributed by atoms with Crippen LogP contribution in [0.15, 0.2) is 0 Å². The fourth-order valence-electron chi connectivity index (χ4n) is 4.25. The zero-order chi connectivity index (χ0) is 15.3.